The molecule has 5 heteroatoms. The quantitative estimate of drug-likeness (QED) is 0.935. The summed E-state index contributed by atoms with van der Waals surface area (Å²) in [4.78, 5) is 29.8. The highest BCUT2D eigenvalue weighted by atomic mass is 16.2. The van der Waals surface area contributed by atoms with E-state index in [-0.39, 0.29) is 18.4 Å². The maximum atomic E-state index is 12.2. The monoisotopic (exact) mass is 281 g/mol. The van der Waals surface area contributed by atoms with Gasteiger partial charge in [-0.2, -0.15) is 0 Å². The first-order valence-corrected chi connectivity index (χ1v) is 6.73. The molecule has 1 aliphatic heterocycles. The molecule has 1 aromatic carbocycles. The average Bonchev–Trinajstić information content (AvgIpc) is 2.78. The number of carbonyl (C=O) groups is 2. The molecule has 0 bridgehead atoms. The molecule has 1 aliphatic rings. The summed E-state index contributed by atoms with van der Waals surface area (Å²) in [6, 6.07) is 11.0. The molecule has 1 aromatic heterocycles. The molecular formula is C16H15N3O2. The van der Waals surface area contributed by atoms with E-state index >= 15 is 0 Å². The molecule has 0 spiro atoms. The Bertz CT molecular complexity index is 695. The number of pyridine rings is 1. The highest BCUT2D eigenvalue weighted by molar-refractivity contribution is 6.01. The van der Waals surface area contributed by atoms with E-state index in [1.807, 2.05) is 31.2 Å². The Kier molecular flexibility index (Phi) is 3.39. The van der Waals surface area contributed by atoms with Crippen LogP contribution in [-0.4, -0.2) is 28.2 Å². The minimum Gasteiger partial charge on any atom is -0.325 e. The Labute approximate surface area is 122 Å². The van der Waals surface area contributed by atoms with E-state index in [9.17, 15) is 9.59 Å². The lowest BCUT2D eigenvalue weighted by atomic mass is 10.1. The summed E-state index contributed by atoms with van der Waals surface area (Å²) in [5, 5.41) is 2.70. The van der Waals surface area contributed by atoms with Gasteiger partial charge in [0.1, 0.15) is 12.4 Å². The molecule has 1 N–H and O–H groups in total. The minimum absolute atomic E-state index is 0.0308. The van der Waals surface area contributed by atoms with Crippen LogP contribution in [-0.2, 0) is 11.3 Å². The third-order valence-electron chi connectivity index (χ3n) is 3.41. The van der Waals surface area contributed by atoms with Crippen molar-refractivity contribution < 1.29 is 9.59 Å². The van der Waals surface area contributed by atoms with Crippen molar-refractivity contribution in [3.63, 3.8) is 0 Å². The summed E-state index contributed by atoms with van der Waals surface area (Å²) < 4.78 is 0. The van der Waals surface area contributed by atoms with Gasteiger partial charge in [-0.3, -0.25) is 9.59 Å². The Morgan fingerprint density at radius 1 is 1.29 bits per heavy atom. The van der Waals surface area contributed by atoms with Crippen molar-refractivity contribution in [1.82, 2.24) is 9.88 Å². The van der Waals surface area contributed by atoms with E-state index in [0.717, 1.165) is 11.1 Å². The molecule has 0 saturated carbocycles. The van der Waals surface area contributed by atoms with Crippen LogP contribution < -0.4 is 5.32 Å². The largest absolute Gasteiger partial charge is 0.325 e. The van der Waals surface area contributed by atoms with Crippen LogP contribution in [0.25, 0.3) is 0 Å². The molecule has 0 atom stereocenters. The molecule has 2 heterocycles. The smallest absolute Gasteiger partial charge is 0.254 e. The number of fused-ring (bicyclic) bond motifs is 1. The van der Waals surface area contributed by atoms with Crippen molar-refractivity contribution in [1.29, 1.82) is 0 Å². The Morgan fingerprint density at radius 2 is 2.10 bits per heavy atom. The van der Waals surface area contributed by atoms with E-state index in [1.54, 1.807) is 18.3 Å². The number of hydrogen-bond donors (Lipinski definition) is 1. The van der Waals surface area contributed by atoms with Crippen LogP contribution in [0, 0.1) is 6.92 Å². The molecule has 5 nitrogen and oxygen atoms in total. The van der Waals surface area contributed by atoms with Crippen LogP contribution in [0.15, 0.2) is 42.6 Å². The molecule has 21 heavy (non-hydrogen) atoms. The number of aryl methyl sites for hydroxylation is 1. The second-order valence-electron chi connectivity index (χ2n) is 5.09. The fourth-order valence-corrected chi connectivity index (χ4v) is 2.34. The Hall–Kier alpha value is -2.69. The normalized spacial score (nSPS) is 13.2. The fourth-order valence-electron chi connectivity index (χ4n) is 2.34. The zero-order chi connectivity index (χ0) is 14.8. The molecule has 3 rings (SSSR count). The number of carbonyl (C=O) groups excluding carboxylic acids is 2. The zero-order valence-electron chi connectivity index (χ0n) is 11.7. The van der Waals surface area contributed by atoms with Crippen LogP contribution in [0.3, 0.4) is 0 Å². The van der Waals surface area contributed by atoms with E-state index in [0.29, 0.717) is 17.9 Å². The number of hydrogen-bond acceptors (Lipinski definition) is 3. The SMILES string of the molecule is Cc1ccc(NC(=O)CN2Cc3ccccc3C2=O)nc1. The summed E-state index contributed by atoms with van der Waals surface area (Å²) >= 11 is 0. The fraction of sp³-hybridized carbons (Fsp3) is 0.188. The number of rotatable bonds is 3. The van der Waals surface area contributed by atoms with Gasteiger partial charge < -0.3 is 10.2 Å². The van der Waals surface area contributed by atoms with E-state index < -0.39 is 0 Å². The van der Waals surface area contributed by atoms with Gasteiger partial charge in [-0.1, -0.05) is 24.3 Å². The third kappa shape index (κ3) is 2.76. The lowest BCUT2D eigenvalue weighted by Gasteiger charge is -2.14. The van der Waals surface area contributed by atoms with Gasteiger partial charge in [0.2, 0.25) is 5.91 Å². The highest BCUT2D eigenvalue weighted by Gasteiger charge is 2.28. The van der Waals surface area contributed by atoms with Crippen molar-refractivity contribution in [3.05, 3.63) is 59.3 Å². The van der Waals surface area contributed by atoms with Gasteiger partial charge >= 0.3 is 0 Å². The standard InChI is InChI=1S/C16H15N3O2/c1-11-6-7-14(17-8-11)18-15(20)10-19-9-12-4-2-3-5-13(12)16(19)21/h2-8H,9-10H2,1H3,(H,17,18,20). The first kappa shape index (κ1) is 13.3. The second-order valence-corrected chi connectivity index (χ2v) is 5.09. The molecule has 0 aliphatic carbocycles. The Balaban J connectivity index is 1.64. The van der Waals surface area contributed by atoms with Crippen LogP contribution in [0.2, 0.25) is 0 Å². The molecular weight excluding hydrogens is 266 g/mol. The third-order valence-corrected chi connectivity index (χ3v) is 3.41. The lowest BCUT2D eigenvalue weighted by Crippen LogP contribution is -2.33. The van der Waals surface area contributed by atoms with Crippen molar-refractivity contribution >= 4 is 17.6 Å². The van der Waals surface area contributed by atoms with Gasteiger partial charge in [-0.15, -0.1) is 0 Å². The number of anilines is 1. The molecule has 0 radical (unpaired) electrons. The van der Waals surface area contributed by atoms with Gasteiger partial charge in [0.05, 0.1) is 0 Å². The number of benzene rings is 1. The molecule has 0 fully saturated rings. The van der Waals surface area contributed by atoms with Gasteiger partial charge in [-0.05, 0) is 30.2 Å². The van der Waals surface area contributed by atoms with Crippen molar-refractivity contribution in [2.75, 3.05) is 11.9 Å². The van der Waals surface area contributed by atoms with Gasteiger partial charge in [0, 0.05) is 18.3 Å². The first-order valence-electron chi connectivity index (χ1n) is 6.73. The first-order chi connectivity index (χ1) is 10.1. The van der Waals surface area contributed by atoms with Crippen molar-refractivity contribution in [2.45, 2.75) is 13.5 Å². The van der Waals surface area contributed by atoms with Crippen LogP contribution in [0.5, 0.6) is 0 Å². The van der Waals surface area contributed by atoms with Crippen LogP contribution in [0.4, 0.5) is 5.82 Å². The average molecular weight is 281 g/mol. The maximum absolute atomic E-state index is 12.2. The molecule has 2 amide bonds. The summed E-state index contributed by atoms with van der Waals surface area (Å²) in [7, 11) is 0. The van der Waals surface area contributed by atoms with Gasteiger partial charge in [0.25, 0.3) is 5.91 Å². The molecule has 106 valence electrons. The van der Waals surface area contributed by atoms with E-state index in [1.165, 1.54) is 4.90 Å². The minimum atomic E-state index is -0.243. The number of nitrogens with one attached hydrogen (secondary N) is 1. The lowest BCUT2D eigenvalue weighted by molar-refractivity contribution is -0.116. The summed E-state index contributed by atoms with van der Waals surface area (Å²) in [5.74, 6) is 0.153. The summed E-state index contributed by atoms with van der Waals surface area (Å²) in [6.45, 7) is 2.44. The molecule has 2 aromatic rings. The predicted octanol–water partition coefficient (Wildman–Crippen LogP) is 1.98. The van der Waals surface area contributed by atoms with E-state index in [4.69, 9.17) is 0 Å². The molecule has 0 saturated heterocycles. The topological polar surface area (TPSA) is 62.3 Å². The van der Waals surface area contributed by atoms with Gasteiger partial charge in [0.15, 0.2) is 0 Å². The van der Waals surface area contributed by atoms with Gasteiger partial charge in [-0.25, -0.2) is 4.98 Å². The number of aromatic nitrogens is 1. The zero-order valence-corrected chi connectivity index (χ0v) is 11.7. The summed E-state index contributed by atoms with van der Waals surface area (Å²) in [5.41, 5.74) is 2.67. The highest BCUT2D eigenvalue weighted by Crippen LogP contribution is 2.21. The van der Waals surface area contributed by atoms with Crippen molar-refractivity contribution in [2.24, 2.45) is 0 Å². The predicted molar refractivity (Wildman–Crippen MR) is 78.8 cm³/mol. The number of nitrogens with zero attached hydrogens (tertiary/aromatic N) is 2. The Morgan fingerprint density at radius 3 is 2.81 bits per heavy atom. The second kappa shape index (κ2) is 5.36. The van der Waals surface area contributed by atoms with Crippen molar-refractivity contribution in [3.8, 4) is 0 Å². The summed E-state index contributed by atoms with van der Waals surface area (Å²) in [6.07, 6.45) is 1.69. The maximum Gasteiger partial charge on any atom is 0.254 e. The van der Waals surface area contributed by atoms with Crippen LogP contribution >= 0.6 is 0 Å². The molecule has 0 unspecified atom stereocenters. The number of amides is 2. The van der Waals surface area contributed by atoms with Crippen LogP contribution in [0.1, 0.15) is 21.5 Å². The van der Waals surface area contributed by atoms with E-state index in [2.05, 4.69) is 10.3 Å².